The summed E-state index contributed by atoms with van der Waals surface area (Å²) in [6.45, 7) is 0. The van der Waals surface area contributed by atoms with Crippen molar-refractivity contribution in [3.8, 4) is 17.1 Å². The Balaban J connectivity index is 1.99. The molecule has 0 aliphatic carbocycles. The Morgan fingerprint density at radius 2 is 1.40 bits per heavy atom. The second kappa shape index (κ2) is 4.76. The van der Waals surface area contributed by atoms with Crippen molar-refractivity contribution >= 4 is 0 Å². The van der Waals surface area contributed by atoms with E-state index in [0.717, 1.165) is 18.5 Å². The number of rotatable bonds is 2. The second-order valence-electron chi connectivity index (χ2n) is 4.03. The van der Waals surface area contributed by atoms with Crippen molar-refractivity contribution in [1.82, 2.24) is 19.7 Å². The van der Waals surface area contributed by atoms with Crippen LogP contribution in [0.4, 0.5) is 13.2 Å². The van der Waals surface area contributed by atoms with Crippen LogP contribution in [0.2, 0.25) is 0 Å². The van der Waals surface area contributed by atoms with Crippen LogP contribution in [-0.4, -0.2) is 19.7 Å². The molecule has 2 aromatic heterocycles. The van der Waals surface area contributed by atoms with Crippen LogP contribution >= 0.6 is 0 Å². The number of halogens is 3. The van der Waals surface area contributed by atoms with Gasteiger partial charge in [0, 0.05) is 17.8 Å². The minimum Gasteiger partial charge on any atom is -0.217 e. The minimum absolute atomic E-state index is 0.162. The molecule has 1 aromatic carbocycles. The summed E-state index contributed by atoms with van der Waals surface area (Å²) in [4.78, 5) is 7.51. The van der Waals surface area contributed by atoms with Crippen molar-refractivity contribution in [2.24, 2.45) is 0 Å². The van der Waals surface area contributed by atoms with Crippen molar-refractivity contribution in [1.29, 1.82) is 0 Å². The largest absolute Gasteiger partial charge is 0.250 e. The maximum atomic E-state index is 13.2. The van der Waals surface area contributed by atoms with Gasteiger partial charge in [-0.3, -0.25) is 0 Å². The van der Waals surface area contributed by atoms with E-state index in [1.54, 1.807) is 0 Å². The third-order valence-corrected chi connectivity index (χ3v) is 2.59. The molecular weight excluding hydrogens is 269 g/mol. The molecule has 0 spiro atoms. The Bertz CT molecular complexity index is 732. The molecule has 0 atom stereocenters. The molecule has 0 saturated heterocycles. The third kappa shape index (κ3) is 2.37. The summed E-state index contributed by atoms with van der Waals surface area (Å²) in [6.07, 6.45) is 4.93. The van der Waals surface area contributed by atoms with Gasteiger partial charge < -0.3 is 0 Å². The van der Waals surface area contributed by atoms with Crippen LogP contribution in [-0.2, 0) is 0 Å². The molecule has 0 N–H and O–H groups in total. The van der Waals surface area contributed by atoms with Gasteiger partial charge in [0.15, 0.2) is 5.82 Å². The van der Waals surface area contributed by atoms with Gasteiger partial charge in [0.1, 0.15) is 11.6 Å². The van der Waals surface area contributed by atoms with Crippen LogP contribution < -0.4 is 0 Å². The first-order valence-electron chi connectivity index (χ1n) is 5.61. The fourth-order valence-electron chi connectivity index (χ4n) is 1.73. The topological polar surface area (TPSA) is 43.6 Å². The molecule has 20 heavy (non-hydrogen) atoms. The molecule has 0 bridgehead atoms. The number of hydrogen-bond donors (Lipinski definition) is 0. The zero-order valence-corrected chi connectivity index (χ0v) is 9.96. The van der Waals surface area contributed by atoms with Gasteiger partial charge >= 0.3 is 0 Å². The van der Waals surface area contributed by atoms with Crippen molar-refractivity contribution in [3.05, 3.63) is 60.4 Å². The highest BCUT2D eigenvalue weighted by atomic mass is 19.1. The smallest absolute Gasteiger partial charge is 0.217 e. The van der Waals surface area contributed by atoms with Crippen LogP contribution in [0.3, 0.4) is 0 Å². The zero-order valence-electron chi connectivity index (χ0n) is 9.96. The highest BCUT2D eigenvalue weighted by Crippen LogP contribution is 2.21. The second-order valence-corrected chi connectivity index (χ2v) is 4.03. The van der Waals surface area contributed by atoms with E-state index in [9.17, 15) is 13.2 Å². The molecule has 0 saturated carbocycles. The van der Waals surface area contributed by atoms with Crippen molar-refractivity contribution in [2.75, 3.05) is 0 Å². The van der Waals surface area contributed by atoms with Gasteiger partial charge in [-0.25, -0.2) is 27.8 Å². The molecule has 0 unspecified atom stereocenters. The molecule has 0 aliphatic heterocycles. The van der Waals surface area contributed by atoms with Gasteiger partial charge in [0.25, 0.3) is 5.95 Å². The van der Waals surface area contributed by atoms with Crippen LogP contribution in [0, 0.1) is 17.5 Å². The van der Waals surface area contributed by atoms with Crippen molar-refractivity contribution in [2.45, 2.75) is 0 Å². The van der Waals surface area contributed by atoms with E-state index in [1.165, 1.54) is 29.2 Å². The Labute approximate surface area is 111 Å². The van der Waals surface area contributed by atoms with Crippen LogP contribution in [0.1, 0.15) is 0 Å². The molecule has 0 fully saturated rings. The van der Waals surface area contributed by atoms with Crippen molar-refractivity contribution in [3.63, 3.8) is 0 Å². The maximum absolute atomic E-state index is 13.2. The summed E-state index contributed by atoms with van der Waals surface area (Å²) >= 11 is 0. The predicted molar refractivity (Wildman–Crippen MR) is 64.5 cm³/mol. The molecule has 3 aromatic rings. The van der Waals surface area contributed by atoms with Crippen LogP contribution in [0.15, 0.2) is 43.0 Å². The van der Waals surface area contributed by atoms with Gasteiger partial charge in [0.2, 0.25) is 0 Å². The van der Waals surface area contributed by atoms with E-state index < -0.39 is 17.5 Å². The Morgan fingerprint density at radius 1 is 0.750 bits per heavy atom. The maximum Gasteiger partial charge on any atom is 0.250 e. The molecule has 2 heterocycles. The van der Waals surface area contributed by atoms with Gasteiger partial charge in [-0.2, -0.15) is 5.10 Å². The Morgan fingerprint density at radius 3 is 2.05 bits per heavy atom. The number of hydrogen-bond acceptors (Lipinski definition) is 3. The molecule has 4 nitrogen and oxygen atoms in total. The predicted octanol–water partition coefficient (Wildman–Crippen LogP) is 2.75. The van der Waals surface area contributed by atoms with Gasteiger partial charge in [-0.1, -0.05) is 0 Å². The van der Waals surface area contributed by atoms with E-state index in [0.29, 0.717) is 11.1 Å². The summed E-state index contributed by atoms with van der Waals surface area (Å²) in [5.41, 5.74) is 0.840. The third-order valence-electron chi connectivity index (χ3n) is 2.59. The van der Waals surface area contributed by atoms with Gasteiger partial charge in [-0.15, -0.1) is 0 Å². The molecule has 0 radical (unpaired) electrons. The Hall–Kier alpha value is -2.70. The Kier molecular flexibility index (Phi) is 2.94. The average Bonchev–Trinajstić information content (AvgIpc) is 2.88. The lowest BCUT2D eigenvalue weighted by Crippen LogP contribution is -2.01. The van der Waals surface area contributed by atoms with E-state index in [4.69, 9.17) is 0 Å². The first-order valence-corrected chi connectivity index (χ1v) is 5.61. The minimum atomic E-state index is -0.675. The summed E-state index contributed by atoms with van der Waals surface area (Å²) in [5, 5.41) is 3.98. The highest BCUT2D eigenvalue weighted by molar-refractivity contribution is 5.62. The number of nitrogens with zero attached hydrogens (tertiary/aromatic N) is 4. The monoisotopic (exact) mass is 276 g/mol. The first-order chi connectivity index (χ1) is 9.61. The molecule has 0 aliphatic rings. The standard InChI is InChI=1S/C13H7F3N4/c14-10-1-8(2-11(15)3-10)9-4-19-20(7-9)13-17-5-12(16)6-18-13/h1-7H. The lowest BCUT2D eigenvalue weighted by Gasteiger charge is -1.99. The van der Waals surface area contributed by atoms with Gasteiger partial charge in [0.05, 0.1) is 18.6 Å². The molecule has 100 valence electrons. The normalized spacial score (nSPS) is 10.8. The quantitative estimate of drug-likeness (QED) is 0.723. The fraction of sp³-hybridized carbons (Fsp3) is 0. The SMILES string of the molecule is Fc1cnc(-n2cc(-c3cc(F)cc(F)c3)cn2)nc1. The zero-order chi connectivity index (χ0) is 14.1. The molecular formula is C13H7F3N4. The lowest BCUT2D eigenvalue weighted by molar-refractivity contribution is 0.584. The highest BCUT2D eigenvalue weighted by Gasteiger charge is 2.08. The molecule has 3 rings (SSSR count). The average molecular weight is 276 g/mol. The molecule has 0 amide bonds. The van der Waals surface area contributed by atoms with Crippen LogP contribution in [0.25, 0.3) is 17.1 Å². The molecule has 7 heteroatoms. The van der Waals surface area contributed by atoms with E-state index >= 15 is 0 Å². The summed E-state index contributed by atoms with van der Waals surface area (Å²) in [6, 6.07) is 3.17. The number of aromatic nitrogens is 4. The van der Waals surface area contributed by atoms with Crippen molar-refractivity contribution < 1.29 is 13.2 Å². The number of benzene rings is 1. The van der Waals surface area contributed by atoms with Crippen LogP contribution in [0.5, 0.6) is 0 Å². The van der Waals surface area contributed by atoms with E-state index in [-0.39, 0.29) is 5.95 Å². The summed E-state index contributed by atoms with van der Waals surface area (Å²) < 4.78 is 40.3. The fourth-order valence-corrected chi connectivity index (χ4v) is 1.73. The van der Waals surface area contributed by atoms with E-state index in [1.807, 2.05) is 0 Å². The summed E-state index contributed by atoms with van der Waals surface area (Å²) in [5.74, 6) is -1.75. The van der Waals surface area contributed by atoms with E-state index in [2.05, 4.69) is 15.1 Å². The first kappa shape index (κ1) is 12.3. The lowest BCUT2D eigenvalue weighted by atomic mass is 10.1. The van der Waals surface area contributed by atoms with Gasteiger partial charge in [-0.05, 0) is 17.7 Å². The summed E-state index contributed by atoms with van der Waals surface area (Å²) in [7, 11) is 0.